The first kappa shape index (κ1) is 17.7. The molecule has 0 saturated carbocycles. The van der Waals surface area contributed by atoms with Crippen molar-refractivity contribution in [2.75, 3.05) is 19.5 Å². The SMILES string of the molecule is COC(=O)c1cnc2cc(OC)c(C(C)C)cc2c1Nc1ccccc1. The van der Waals surface area contributed by atoms with Gasteiger partial charge in [0.05, 0.1) is 25.4 Å². The van der Waals surface area contributed by atoms with E-state index in [1.807, 2.05) is 42.5 Å². The summed E-state index contributed by atoms with van der Waals surface area (Å²) in [5, 5.41) is 4.20. The van der Waals surface area contributed by atoms with Crippen molar-refractivity contribution in [1.29, 1.82) is 0 Å². The van der Waals surface area contributed by atoms with Gasteiger partial charge in [0.25, 0.3) is 0 Å². The van der Waals surface area contributed by atoms with Gasteiger partial charge in [-0.2, -0.15) is 0 Å². The fourth-order valence-corrected chi connectivity index (χ4v) is 2.93. The molecule has 0 spiro atoms. The highest BCUT2D eigenvalue weighted by Gasteiger charge is 2.19. The topological polar surface area (TPSA) is 60.5 Å². The second-order valence-corrected chi connectivity index (χ2v) is 6.30. The molecule has 0 saturated heterocycles. The Balaban J connectivity index is 2.27. The standard InChI is InChI=1S/C21H22N2O3/c1-13(2)15-10-16-18(11-19(15)25-3)22-12-17(21(24)26-4)20(16)23-14-8-6-5-7-9-14/h5-13H,1-4H3,(H,22,23). The van der Waals surface area contributed by atoms with Crippen LogP contribution < -0.4 is 10.1 Å². The Morgan fingerprint density at radius 1 is 1.12 bits per heavy atom. The third kappa shape index (κ3) is 3.33. The maximum Gasteiger partial charge on any atom is 0.341 e. The van der Waals surface area contributed by atoms with Crippen molar-refractivity contribution in [2.24, 2.45) is 0 Å². The zero-order valence-electron chi connectivity index (χ0n) is 15.4. The van der Waals surface area contributed by atoms with Crippen LogP contribution in [0.15, 0.2) is 48.7 Å². The van der Waals surface area contributed by atoms with Gasteiger partial charge in [-0.05, 0) is 29.7 Å². The second-order valence-electron chi connectivity index (χ2n) is 6.30. The fourth-order valence-electron chi connectivity index (χ4n) is 2.93. The first-order chi connectivity index (χ1) is 12.5. The highest BCUT2D eigenvalue weighted by molar-refractivity contribution is 6.06. The molecule has 5 heteroatoms. The molecule has 3 aromatic rings. The lowest BCUT2D eigenvalue weighted by atomic mass is 9.98. The minimum absolute atomic E-state index is 0.265. The summed E-state index contributed by atoms with van der Waals surface area (Å²) in [6, 6.07) is 13.6. The highest BCUT2D eigenvalue weighted by atomic mass is 16.5. The van der Waals surface area contributed by atoms with Crippen LogP contribution in [0.25, 0.3) is 10.9 Å². The molecular formula is C21H22N2O3. The number of methoxy groups -OCH3 is 2. The summed E-state index contributed by atoms with van der Waals surface area (Å²) in [7, 11) is 3.02. The Labute approximate surface area is 153 Å². The Hall–Kier alpha value is -3.08. The van der Waals surface area contributed by atoms with E-state index in [1.54, 1.807) is 7.11 Å². The summed E-state index contributed by atoms with van der Waals surface area (Å²) in [5.41, 5.74) is 3.76. The van der Waals surface area contributed by atoms with Crippen LogP contribution in [0, 0.1) is 0 Å². The van der Waals surface area contributed by atoms with Gasteiger partial charge in [-0.15, -0.1) is 0 Å². The monoisotopic (exact) mass is 350 g/mol. The molecule has 5 nitrogen and oxygen atoms in total. The summed E-state index contributed by atoms with van der Waals surface area (Å²) in [4.78, 5) is 16.7. The number of rotatable bonds is 5. The van der Waals surface area contributed by atoms with Crippen LogP contribution in [-0.2, 0) is 4.74 Å². The maximum atomic E-state index is 12.3. The molecule has 0 amide bonds. The molecular weight excluding hydrogens is 328 g/mol. The lowest BCUT2D eigenvalue weighted by Crippen LogP contribution is -2.08. The van der Waals surface area contributed by atoms with Crippen LogP contribution in [0.5, 0.6) is 5.75 Å². The van der Waals surface area contributed by atoms with Crippen molar-refractivity contribution < 1.29 is 14.3 Å². The summed E-state index contributed by atoms with van der Waals surface area (Å²) >= 11 is 0. The number of hydrogen-bond acceptors (Lipinski definition) is 5. The van der Waals surface area contributed by atoms with Crippen molar-refractivity contribution in [3.8, 4) is 5.75 Å². The molecule has 0 radical (unpaired) electrons. The summed E-state index contributed by atoms with van der Waals surface area (Å²) in [6.45, 7) is 4.21. The van der Waals surface area contributed by atoms with Crippen LogP contribution in [-0.4, -0.2) is 25.2 Å². The zero-order valence-corrected chi connectivity index (χ0v) is 15.4. The minimum Gasteiger partial charge on any atom is -0.496 e. The first-order valence-electron chi connectivity index (χ1n) is 8.46. The van der Waals surface area contributed by atoms with E-state index in [0.717, 1.165) is 27.9 Å². The largest absolute Gasteiger partial charge is 0.496 e. The molecule has 26 heavy (non-hydrogen) atoms. The second kappa shape index (κ2) is 7.44. The molecule has 1 aromatic heterocycles. The van der Waals surface area contributed by atoms with Gasteiger partial charge in [0.15, 0.2) is 0 Å². The van der Waals surface area contributed by atoms with E-state index >= 15 is 0 Å². The van der Waals surface area contributed by atoms with Crippen LogP contribution in [0.4, 0.5) is 11.4 Å². The van der Waals surface area contributed by atoms with E-state index in [0.29, 0.717) is 11.3 Å². The van der Waals surface area contributed by atoms with E-state index in [-0.39, 0.29) is 5.92 Å². The van der Waals surface area contributed by atoms with E-state index < -0.39 is 5.97 Å². The number of aromatic nitrogens is 1. The van der Waals surface area contributed by atoms with Gasteiger partial charge in [0.2, 0.25) is 0 Å². The number of fused-ring (bicyclic) bond motifs is 1. The average Bonchev–Trinajstić information content (AvgIpc) is 2.67. The van der Waals surface area contributed by atoms with Crippen LogP contribution in [0.2, 0.25) is 0 Å². The van der Waals surface area contributed by atoms with Gasteiger partial charge in [-0.3, -0.25) is 4.98 Å². The molecule has 0 atom stereocenters. The molecule has 0 unspecified atom stereocenters. The smallest absolute Gasteiger partial charge is 0.341 e. The lowest BCUT2D eigenvalue weighted by Gasteiger charge is -2.17. The Morgan fingerprint density at radius 3 is 2.46 bits per heavy atom. The Bertz CT molecular complexity index is 937. The van der Waals surface area contributed by atoms with Gasteiger partial charge in [0.1, 0.15) is 11.3 Å². The third-order valence-electron chi connectivity index (χ3n) is 4.29. The Kier molecular flexibility index (Phi) is 5.07. The van der Waals surface area contributed by atoms with E-state index in [9.17, 15) is 4.79 Å². The molecule has 0 aliphatic heterocycles. The van der Waals surface area contributed by atoms with Crippen molar-refractivity contribution in [1.82, 2.24) is 4.98 Å². The molecule has 0 aliphatic carbocycles. The van der Waals surface area contributed by atoms with Crippen molar-refractivity contribution >= 4 is 28.2 Å². The number of carbonyl (C=O) groups is 1. The number of carbonyl (C=O) groups excluding carboxylic acids is 1. The first-order valence-corrected chi connectivity index (χ1v) is 8.46. The molecule has 3 rings (SSSR count). The highest BCUT2D eigenvalue weighted by Crippen LogP contribution is 2.36. The third-order valence-corrected chi connectivity index (χ3v) is 4.29. The average molecular weight is 350 g/mol. The van der Waals surface area contributed by atoms with E-state index in [2.05, 4.69) is 24.1 Å². The lowest BCUT2D eigenvalue weighted by molar-refractivity contribution is 0.0601. The number of nitrogens with one attached hydrogen (secondary N) is 1. The molecule has 1 N–H and O–H groups in total. The molecule has 1 heterocycles. The number of ether oxygens (including phenoxy) is 2. The van der Waals surface area contributed by atoms with Crippen molar-refractivity contribution in [2.45, 2.75) is 19.8 Å². The molecule has 0 fully saturated rings. The Morgan fingerprint density at radius 2 is 1.85 bits per heavy atom. The number of anilines is 2. The zero-order chi connectivity index (χ0) is 18.7. The van der Waals surface area contributed by atoms with Gasteiger partial charge >= 0.3 is 5.97 Å². The quantitative estimate of drug-likeness (QED) is 0.663. The number of pyridine rings is 1. The predicted molar refractivity (Wildman–Crippen MR) is 103 cm³/mol. The van der Waals surface area contributed by atoms with Gasteiger partial charge in [-0.1, -0.05) is 32.0 Å². The van der Waals surface area contributed by atoms with Crippen LogP contribution in [0.3, 0.4) is 0 Å². The number of nitrogens with zero attached hydrogens (tertiary/aromatic N) is 1. The minimum atomic E-state index is -0.431. The predicted octanol–water partition coefficient (Wildman–Crippen LogP) is 4.90. The van der Waals surface area contributed by atoms with E-state index in [1.165, 1.54) is 13.3 Å². The molecule has 2 aromatic carbocycles. The van der Waals surface area contributed by atoms with Gasteiger partial charge < -0.3 is 14.8 Å². The van der Waals surface area contributed by atoms with E-state index in [4.69, 9.17) is 9.47 Å². The normalized spacial score (nSPS) is 10.8. The summed E-state index contributed by atoms with van der Waals surface area (Å²) in [6.07, 6.45) is 1.54. The van der Waals surface area contributed by atoms with Crippen LogP contribution >= 0.6 is 0 Å². The molecule has 0 aliphatic rings. The van der Waals surface area contributed by atoms with Crippen molar-refractivity contribution in [3.05, 3.63) is 59.8 Å². The summed E-state index contributed by atoms with van der Waals surface area (Å²) in [5.74, 6) is 0.622. The number of esters is 1. The number of benzene rings is 2. The summed E-state index contributed by atoms with van der Waals surface area (Å²) < 4.78 is 10.5. The van der Waals surface area contributed by atoms with Gasteiger partial charge in [0, 0.05) is 23.3 Å². The number of hydrogen-bond donors (Lipinski definition) is 1. The molecule has 134 valence electrons. The van der Waals surface area contributed by atoms with Crippen LogP contribution in [0.1, 0.15) is 35.7 Å². The van der Waals surface area contributed by atoms with Gasteiger partial charge in [-0.25, -0.2) is 4.79 Å². The number of para-hydroxylation sites is 1. The van der Waals surface area contributed by atoms with Crippen molar-refractivity contribution in [3.63, 3.8) is 0 Å². The fraction of sp³-hybridized carbons (Fsp3) is 0.238. The maximum absolute atomic E-state index is 12.3. The molecule has 0 bridgehead atoms.